The monoisotopic (exact) mass is 620 g/mol. The van der Waals surface area contributed by atoms with Crippen molar-refractivity contribution in [3.8, 4) is 0 Å². The lowest BCUT2D eigenvalue weighted by Gasteiger charge is -2.23. The van der Waals surface area contributed by atoms with E-state index < -0.39 is 48.4 Å². The minimum Gasteiger partial charge on any atom is -0.423 e. The van der Waals surface area contributed by atoms with Gasteiger partial charge in [0.2, 0.25) is 17.7 Å². The van der Waals surface area contributed by atoms with E-state index in [-0.39, 0.29) is 44.8 Å². The number of nitrogens with two attached hydrogens (primary N) is 3. The average molecular weight is 620 g/mol. The van der Waals surface area contributed by atoms with Crippen molar-refractivity contribution in [2.45, 2.75) is 63.5 Å². The first-order valence-electron chi connectivity index (χ1n) is 14.3. The number of hydrogen-bond donors (Lipinski definition) is 6. The summed E-state index contributed by atoms with van der Waals surface area (Å²) in [5.74, 6) is -1.55. The molecule has 0 fully saturated rings. The maximum atomic E-state index is 13.3. The number of nitrogens with one attached hydrogen (secondary N) is 2. The minimum absolute atomic E-state index is 0.0102. The number of nitrogens with zero attached hydrogens (tertiary/aromatic N) is 1. The number of alkyl halides is 3. The molecule has 240 valence electrons. The van der Waals surface area contributed by atoms with Crippen LogP contribution in [0.25, 0.3) is 0 Å². The molecule has 11 nitrogen and oxygen atoms in total. The quantitative estimate of drug-likeness (QED) is 0.158. The molecule has 0 spiro atoms. The van der Waals surface area contributed by atoms with Crippen LogP contribution in [0.1, 0.15) is 48.9 Å². The number of halogens is 3. The van der Waals surface area contributed by atoms with E-state index in [1.807, 2.05) is 13.8 Å². The van der Waals surface area contributed by atoms with Crippen molar-refractivity contribution < 1.29 is 37.2 Å². The standard InChI is InChI=1S/C29H40BF3N6O5/c1-28(2)21-15-19(5-8-22(21)30(43)44-28)17-37-27(42)24(16-18-3-6-20(7-4-18)29(31,32)33)38-26(41)23(36)9-10-25(40)39(13-11-34)14-12-35/h3-8,15,23-24,43H,9-14,16-17,34-36H2,1-2H3,(H,37,42)(H,38,41)/t23-,24+/m0/s1. The zero-order valence-electron chi connectivity index (χ0n) is 24.8. The van der Waals surface area contributed by atoms with E-state index in [2.05, 4.69) is 10.6 Å². The fraction of sp³-hybridized carbons (Fsp3) is 0.483. The van der Waals surface area contributed by atoms with Crippen LogP contribution < -0.4 is 33.3 Å². The molecular formula is C29H40BF3N6O5. The summed E-state index contributed by atoms with van der Waals surface area (Å²) in [6, 6.07) is 7.22. The number of benzene rings is 2. The predicted octanol–water partition coefficient (Wildman–Crippen LogP) is -0.145. The van der Waals surface area contributed by atoms with E-state index >= 15 is 0 Å². The molecule has 1 aliphatic rings. The van der Waals surface area contributed by atoms with Crippen molar-refractivity contribution in [3.05, 3.63) is 64.7 Å². The fourth-order valence-electron chi connectivity index (χ4n) is 4.96. The van der Waals surface area contributed by atoms with Crippen molar-refractivity contribution in [2.24, 2.45) is 17.2 Å². The molecule has 44 heavy (non-hydrogen) atoms. The van der Waals surface area contributed by atoms with Gasteiger partial charge in [-0.3, -0.25) is 14.4 Å². The first-order valence-corrected chi connectivity index (χ1v) is 14.3. The molecule has 3 amide bonds. The number of amides is 3. The van der Waals surface area contributed by atoms with Crippen LogP contribution in [0.3, 0.4) is 0 Å². The average Bonchev–Trinajstić information content (AvgIpc) is 3.20. The van der Waals surface area contributed by atoms with Crippen LogP contribution in [0, 0.1) is 0 Å². The van der Waals surface area contributed by atoms with Gasteiger partial charge in [0, 0.05) is 45.6 Å². The Bertz CT molecular complexity index is 1310. The summed E-state index contributed by atoms with van der Waals surface area (Å²) in [7, 11) is -1.06. The van der Waals surface area contributed by atoms with Gasteiger partial charge >= 0.3 is 13.3 Å². The summed E-state index contributed by atoms with van der Waals surface area (Å²) in [4.78, 5) is 40.3. The SMILES string of the molecule is CC1(C)OB(O)c2ccc(CNC(=O)[C@@H](Cc3ccc(C(F)(F)F)cc3)NC(=O)[C@@H](N)CCC(=O)N(CCN)CCN)cc21. The Kier molecular flexibility index (Phi) is 11.9. The zero-order chi connectivity index (χ0) is 32.7. The summed E-state index contributed by atoms with van der Waals surface area (Å²) in [5, 5.41) is 15.5. The maximum Gasteiger partial charge on any atom is 0.492 e. The Labute approximate surface area is 254 Å². The highest BCUT2D eigenvalue weighted by atomic mass is 19.4. The highest BCUT2D eigenvalue weighted by Gasteiger charge is 2.40. The minimum atomic E-state index is -4.52. The molecule has 0 radical (unpaired) electrons. The van der Waals surface area contributed by atoms with Crippen molar-refractivity contribution in [1.29, 1.82) is 0 Å². The molecule has 2 aromatic carbocycles. The van der Waals surface area contributed by atoms with Crippen LogP contribution in [0.15, 0.2) is 42.5 Å². The molecule has 1 heterocycles. The van der Waals surface area contributed by atoms with Gasteiger partial charge in [-0.1, -0.05) is 30.3 Å². The first-order chi connectivity index (χ1) is 20.7. The van der Waals surface area contributed by atoms with Gasteiger partial charge in [0.25, 0.3) is 0 Å². The molecular weight excluding hydrogens is 580 g/mol. The van der Waals surface area contributed by atoms with Crippen LogP contribution in [0.4, 0.5) is 13.2 Å². The van der Waals surface area contributed by atoms with Gasteiger partial charge in [-0.2, -0.15) is 13.2 Å². The Morgan fingerprint density at radius 1 is 1.02 bits per heavy atom. The summed E-state index contributed by atoms with van der Waals surface area (Å²) in [6.45, 7) is 4.80. The van der Waals surface area contributed by atoms with E-state index in [0.717, 1.165) is 17.7 Å². The number of carbonyl (C=O) groups excluding carboxylic acids is 3. The van der Waals surface area contributed by atoms with Crippen molar-refractivity contribution in [1.82, 2.24) is 15.5 Å². The molecule has 0 saturated carbocycles. The van der Waals surface area contributed by atoms with Gasteiger partial charge < -0.3 is 42.4 Å². The van der Waals surface area contributed by atoms with E-state index in [1.54, 1.807) is 18.2 Å². The van der Waals surface area contributed by atoms with E-state index in [4.69, 9.17) is 21.9 Å². The summed E-state index contributed by atoms with van der Waals surface area (Å²) in [6.07, 6.45) is -4.69. The second-order valence-electron chi connectivity index (χ2n) is 11.2. The molecule has 1 aliphatic heterocycles. The van der Waals surface area contributed by atoms with Gasteiger partial charge in [-0.25, -0.2) is 0 Å². The van der Waals surface area contributed by atoms with Crippen LogP contribution in [0.5, 0.6) is 0 Å². The smallest absolute Gasteiger partial charge is 0.423 e. The molecule has 3 rings (SSSR count). The third-order valence-electron chi connectivity index (χ3n) is 7.42. The molecule has 0 bridgehead atoms. The van der Waals surface area contributed by atoms with E-state index in [0.29, 0.717) is 29.7 Å². The molecule has 9 N–H and O–H groups in total. The van der Waals surface area contributed by atoms with Crippen LogP contribution in [0.2, 0.25) is 0 Å². The molecule has 0 unspecified atom stereocenters. The van der Waals surface area contributed by atoms with Crippen LogP contribution >= 0.6 is 0 Å². The van der Waals surface area contributed by atoms with E-state index in [1.165, 1.54) is 17.0 Å². The van der Waals surface area contributed by atoms with Gasteiger partial charge in [-0.15, -0.1) is 0 Å². The molecule has 0 saturated heterocycles. The molecule has 2 aromatic rings. The van der Waals surface area contributed by atoms with Gasteiger partial charge in [0.1, 0.15) is 6.04 Å². The third kappa shape index (κ3) is 9.25. The summed E-state index contributed by atoms with van der Waals surface area (Å²) >= 11 is 0. The fourth-order valence-corrected chi connectivity index (χ4v) is 4.96. The Hall–Kier alpha value is -3.50. The topological polar surface area (TPSA) is 186 Å². The Morgan fingerprint density at radius 3 is 2.23 bits per heavy atom. The maximum absolute atomic E-state index is 13.3. The van der Waals surface area contributed by atoms with Crippen molar-refractivity contribution in [2.75, 3.05) is 26.2 Å². The first kappa shape index (κ1) is 35.0. The lowest BCUT2D eigenvalue weighted by molar-refractivity contribution is -0.137. The Balaban J connectivity index is 1.71. The highest BCUT2D eigenvalue weighted by Crippen LogP contribution is 2.31. The van der Waals surface area contributed by atoms with Gasteiger partial charge in [0.05, 0.1) is 17.2 Å². The van der Waals surface area contributed by atoms with Gasteiger partial charge in [-0.05, 0) is 54.6 Å². The van der Waals surface area contributed by atoms with Crippen molar-refractivity contribution in [3.63, 3.8) is 0 Å². The van der Waals surface area contributed by atoms with Crippen molar-refractivity contribution >= 4 is 30.3 Å². The second kappa shape index (κ2) is 15.0. The lowest BCUT2D eigenvalue weighted by Crippen LogP contribution is -2.52. The molecule has 0 aromatic heterocycles. The largest absolute Gasteiger partial charge is 0.492 e. The number of hydrogen-bond acceptors (Lipinski definition) is 8. The van der Waals surface area contributed by atoms with Crippen LogP contribution in [-0.4, -0.2) is 73.0 Å². The van der Waals surface area contributed by atoms with Crippen LogP contribution in [-0.2, 0) is 43.8 Å². The highest BCUT2D eigenvalue weighted by molar-refractivity contribution is 6.61. The summed E-state index contributed by atoms with van der Waals surface area (Å²) < 4.78 is 44.7. The number of rotatable bonds is 14. The number of carbonyl (C=O) groups is 3. The van der Waals surface area contributed by atoms with E-state index in [9.17, 15) is 32.6 Å². The zero-order valence-corrected chi connectivity index (χ0v) is 24.8. The molecule has 0 aliphatic carbocycles. The summed E-state index contributed by atoms with van der Waals surface area (Å²) in [5.41, 5.74) is 18.0. The normalized spacial score (nSPS) is 15.3. The van der Waals surface area contributed by atoms with Gasteiger partial charge in [0.15, 0.2) is 0 Å². The molecule has 15 heteroatoms. The number of fused-ring (bicyclic) bond motifs is 1. The lowest BCUT2D eigenvalue weighted by atomic mass is 9.78. The Morgan fingerprint density at radius 2 is 1.64 bits per heavy atom. The molecule has 2 atom stereocenters. The predicted molar refractivity (Wildman–Crippen MR) is 159 cm³/mol. The third-order valence-corrected chi connectivity index (χ3v) is 7.42. The second-order valence-corrected chi connectivity index (χ2v) is 11.2.